The second-order valence-electron chi connectivity index (χ2n) is 8.82. The molecule has 3 heterocycles. The van der Waals surface area contributed by atoms with E-state index in [1.807, 2.05) is 0 Å². The SMILES string of the molecule is Cc1ccc(CN2CCN(C(=O)c3nnn4c3C(=O)N[C@@H](CC(C)C)C4)CC2)cc1. The van der Waals surface area contributed by atoms with E-state index in [4.69, 9.17) is 0 Å². The zero-order valence-electron chi connectivity index (χ0n) is 18.0. The van der Waals surface area contributed by atoms with Crippen molar-refractivity contribution in [2.24, 2.45) is 5.92 Å². The van der Waals surface area contributed by atoms with Crippen LogP contribution in [0.25, 0.3) is 0 Å². The first kappa shape index (κ1) is 20.5. The second-order valence-corrected chi connectivity index (χ2v) is 8.82. The van der Waals surface area contributed by atoms with Crippen molar-refractivity contribution < 1.29 is 9.59 Å². The van der Waals surface area contributed by atoms with Gasteiger partial charge in [-0.3, -0.25) is 14.5 Å². The number of aryl methyl sites for hydroxylation is 1. The van der Waals surface area contributed by atoms with Crippen LogP contribution in [0, 0.1) is 12.8 Å². The monoisotopic (exact) mass is 410 g/mol. The zero-order chi connectivity index (χ0) is 21.3. The third-order valence-corrected chi connectivity index (χ3v) is 5.82. The van der Waals surface area contributed by atoms with Gasteiger partial charge in [-0.1, -0.05) is 48.9 Å². The lowest BCUT2D eigenvalue weighted by Crippen LogP contribution is -2.49. The summed E-state index contributed by atoms with van der Waals surface area (Å²) in [5.74, 6) is 0.0135. The Morgan fingerprint density at radius 2 is 1.87 bits per heavy atom. The van der Waals surface area contributed by atoms with E-state index in [1.54, 1.807) is 9.58 Å². The predicted molar refractivity (Wildman–Crippen MR) is 113 cm³/mol. The topological polar surface area (TPSA) is 83.4 Å². The molecule has 30 heavy (non-hydrogen) atoms. The minimum atomic E-state index is -0.252. The molecule has 1 atom stereocenters. The van der Waals surface area contributed by atoms with Gasteiger partial charge in [0.15, 0.2) is 11.4 Å². The van der Waals surface area contributed by atoms with Gasteiger partial charge in [-0.25, -0.2) is 4.68 Å². The number of rotatable bonds is 5. The van der Waals surface area contributed by atoms with E-state index in [2.05, 4.69) is 65.6 Å². The lowest BCUT2D eigenvalue weighted by molar-refractivity contribution is 0.0617. The Bertz CT molecular complexity index is 912. The maximum absolute atomic E-state index is 13.1. The first-order valence-electron chi connectivity index (χ1n) is 10.7. The van der Waals surface area contributed by atoms with Gasteiger partial charge in [0.2, 0.25) is 0 Å². The summed E-state index contributed by atoms with van der Waals surface area (Å²) in [6.45, 7) is 10.6. The van der Waals surface area contributed by atoms with E-state index >= 15 is 0 Å². The quantitative estimate of drug-likeness (QED) is 0.811. The predicted octanol–water partition coefficient (Wildman–Crippen LogP) is 1.70. The summed E-state index contributed by atoms with van der Waals surface area (Å²) >= 11 is 0. The molecule has 8 heteroatoms. The molecule has 2 amide bonds. The Kier molecular flexibility index (Phi) is 5.85. The number of aromatic nitrogens is 3. The lowest BCUT2D eigenvalue weighted by Gasteiger charge is -2.34. The Morgan fingerprint density at radius 1 is 1.17 bits per heavy atom. The molecule has 1 fully saturated rings. The molecule has 0 bridgehead atoms. The number of benzene rings is 1. The standard InChI is InChI=1S/C22H30N6O2/c1-15(2)12-18-14-28-20(21(29)23-18)19(24-25-28)22(30)27-10-8-26(9-11-27)13-17-6-4-16(3)5-7-17/h4-7,15,18H,8-14H2,1-3H3,(H,23,29)/t18-/m0/s1. The molecule has 2 aliphatic heterocycles. The number of amides is 2. The maximum Gasteiger partial charge on any atom is 0.276 e. The molecule has 160 valence electrons. The van der Waals surface area contributed by atoms with Crippen molar-refractivity contribution in [3.8, 4) is 0 Å². The molecular weight excluding hydrogens is 380 g/mol. The van der Waals surface area contributed by atoms with Crippen LogP contribution in [0.15, 0.2) is 24.3 Å². The highest BCUT2D eigenvalue weighted by atomic mass is 16.2. The third-order valence-electron chi connectivity index (χ3n) is 5.82. The van der Waals surface area contributed by atoms with Crippen LogP contribution in [-0.4, -0.2) is 68.8 Å². The van der Waals surface area contributed by atoms with Gasteiger partial charge in [0.1, 0.15) is 0 Å². The van der Waals surface area contributed by atoms with Crippen LogP contribution < -0.4 is 5.32 Å². The molecule has 1 saturated heterocycles. The smallest absolute Gasteiger partial charge is 0.276 e. The molecule has 1 N–H and O–H groups in total. The van der Waals surface area contributed by atoms with Crippen molar-refractivity contribution in [1.29, 1.82) is 0 Å². The molecule has 0 aliphatic carbocycles. The number of carbonyl (C=O) groups is 2. The number of carbonyl (C=O) groups excluding carboxylic acids is 2. The lowest BCUT2D eigenvalue weighted by atomic mass is 10.0. The van der Waals surface area contributed by atoms with Crippen molar-refractivity contribution >= 4 is 11.8 Å². The number of nitrogens with one attached hydrogen (secondary N) is 1. The summed E-state index contributed by atoms with van der Waals surface area (Å²) in [4.78, 5) is 29.8. The van der Waals surface area contributed by atoms with Crippen molar-refractivity contribution in [1.82, 2.24) is 30.1 Å². The number of fused-ring (bicyclic) bond motifs is 1. The molecule has 8 nitrogen and oxygen atoms in total. The maximum atomic E-state index is 13.1. The highest BCUT2D eigenvalue weighted by molar-refractivity contribution is 6.05. The molecule has 0 radical (unpaired) electrons. The Labute approximate surface area is 177 Å². The first-order valence-corrected chi connectivity index (χ1v) is 10.7. The van der Waals surface area contributed by atoms with Gasteiger partial charge in [-0.2, -0.15) is 0 Å². The largest absolute Gasteiger partial charge is 0.346 e. The van der Waals surface area contributed by atoms with Gasteiger partial charge in [0.05, 0.1) is 6.54 Å². The van der Waals surface area contributed by atoms with Crippen LogP contribution in [0.2, 0.25) is 0 Å². The molecule has 1 aromatic carbocycles. The third kappa shape index (κ3) is 4.38. The van der Waals surface area contributed by atoms with Gasteiger partial charge >= 0.3 is 0 Å². The van der Waals surface area contributed by atoms with Crippen LogP contribution in [0.4, 0.5) is 0 Å². The molecule has 2 aromatic rings. The Hall–Kier alpha value is -2.74. The van der Waals surface area contributed by atoms with Crippen molar-refractivity contribution in [2.75, 3.05) is 26.2 Å². The number of hydrogen-bond acceptors (Lipinski definition) is 5. The van der Waals surface area contributed by atoms with Crippen molar-refractivity contribution in [3.05, 3.63) is 46.8 Å². The Balaban J connectivity index is 1.38. The summed E-state index contributed by atoms with van der Waals surface area (Å²) in [6, 6.07) is 8.59. The molecule has 4 rings (SSSR count). The van der Waals surface area contributed by atoms with Crippen molar-refractivity contribution in [3.63, 3.8) is 0 Å². The van der Waals surface area contributed by atoms with Crippen LogP contribution in [-0.2, 0) is 13.1 Å². The molecule has 0 spiro atoms. The number of nitrogens with zero attached hydrogens (tertiary/aromatic N) is 5. The van der Waals surface area contributed by atoms with E-state index in [0.717, 1.165) is 26.1 Å². The second kappa shape index (κ2) is 8.55. The zero-order valence-corrected chi connectivity index (χ0v) is 18.0. The van der Waals surface area contributed by atoms with Gasteiger partial charge in [-0.15, -0.1) is 5.10 Å². The van der Waals surface area contributed by atoms with E-state index in [9.17, 15) is 9.59 Å². The summed E-state index contributed by atoms with van der Waals surface area (Å²) in [6.07, 6.45) is 0.872. The van der Waals surface area contributed by atoms with Crippen LogP contribution in [0.1, 0.15) is 52.4 Å². The van der Waals surface area contributed by atoms with Crippen molar-refractivity contribution in [2.45, 2.75) is 46.3 Å². The van der Waals surface area contributed by atoms with Gasteiger partial charge in [0.25, 0.3) is 11.8 Å². The van der Waals surface area contributed by atoms with E-state index in [1.165, 1.54) is 11.1 Å². The molecule has 0 unspecified atom stereocenters. The summed E-state index contributed by atoms with van der Waals surface area (Å²) in [7, 11) is 0. The normalized spacial score (nSPS) is 19.7. The average molecular weight is 411 g/mol. The minimum Gasteiger partial charge on any atom is -0.346 e. The van der Waals surface area contributed by atoms with Gasteiger partial charge in [-0.05, 0) is 24.8 Å². The van der Waals surface area contributed by atoms with Gasteiger partial charge < -0.3 is 10.2 Å². The van der Waals surface area contributed by atoms with Crippen LogP contribution >= 0.6 is 0 Å². The van der Waals surface area contributed by atoms with Gasteiger partial charge in [0, 0.05) is 38.8 Å². The fourth-order valence-electron chi connectivity index (χ4n) is 4.23. The summed E-state index contributed by atoms with van der Waals surface area (Å²) in [5, 5.41) is 11.2. The van der Waals surface area contributed by atoms with Crippen LogP contribution in [0.3, 0.4) is 0 Å². The molecule has 0 saturated carbocycles. The minimum absolute atomic E-state index is 0.0278. The highest BCUT2D eigenvalue weighted by Crippen LogP contribution is 2.18. The first-order chi connectivity index (χ1) is 14.4. The molecular formula is C22H30N6O2. The molecule has 2 aliphatic rings. The fourth-order valence-corrected chi connectivity index (χ4v) is 4.23. The highest BCUT2D eigenvalue weighted by Gasteiger charge is 2.34. The summed E-state index contributed by atoms with van der Waals surface area (Å²) < 4.78 is 1.59. The van der Waals surface area contributed by atoms with Crippen LogP contribution in [0.5, 0.6) is 0 Å². The number of piperazine rings is 1. The fraction of sp³-hybridized carbons (Fsp3) is 0.545. The van der Waals surface area contributed by atoms with E-state index < -0.39 is 0 Å². The van der Waals surface area contributed by atoms with E-state index in [0.29, 0.717) is 31.2 Å². The Morgan fingerprint density at radius 3 is 2.53 bits per heavy atom. The number of hydrogen-bond donors (Lipinski definition) is 1. The summed E-state index contributed by atoms with van der Waals surface area (Å²) in [5.41, 5.74) is 3.00. The average Bonchev–Trinajstić information content (AvgIpc) is 3.14. The molecule has 1 aromatic heterocycles. The van der Waals surface area contributed by atoms with E-state index in [-0.39, 0.29) is 23.6 Å².